The van der Waals surface area contributed by atoms with Crippen LogP contribution in [0.1, 0.15) is 17.3 Å². The molecule has 31 heavy (non-hydrogen) atoms. The Bertz CT molecular complexity index is 1220. The van der Waals surface area contributed by atoms with Crippen LogP contribution in [0.2, 0.25) is 0 Å². The van der Waals surface area contributed by atoms with Crippen LogP contribution < -0.4 is 15.4 Å². The number of amides is 2. The second-order valence-corrected chi connectivity index (χ2v) is 9.41. The number of hydrogen-bond acceptors (Lipinski definition) is 7. The van der Waals surface area contributed by atoms with Crippen LogP contribution in [0.15, 0.2) is 58.8 Å². The van der Waals surface area contributed by atoms with Crippen molar-refractivity contribution < 1.29 is 18.0 Å². The first kappa shape index (κ1) is 22.3. The van der Waals surface area contributed by atoms with Gasteiger partial charge in [0.1, 0.15) is 6.33 Å². The maximum atomic E-state index is 12.9. The van der Waals surface area contributed by atoms with Gasteiger partial charge in [-0.25, -0.2) is 8.42 Å². The molecule has 3 rings (SSSR count). The number of anilines is 3. The van der Waals surface area contributed by atoms with E-state index in [1.807, 2.05) is 19.2 Å². The van der Waals surface area contributed by atoms with Gasteiger partial charge in [0.25, 0.3) is 5.91 Å². The van der Waals surface area contributed by atoms with E-state index >= 15 is 0 Å². The Balaban J connectivity index is 1.80. The molecule has 0 atom stereocenters. The average Bonchev–Trinajstić information content (AvgIpc) is 3.07. The van der Waals surface area contributed by atoms with Crippen molar-refractivity contribution in [3.8, 4) is 0 Å². The second kappa shape index (κ2) is 9.18. The lowest BCUT2D eigenvalue weighted by atomic mass is 10.1. The van der Waals surface area contributed by atoms with Gasteiger partial charge in [-0.15, -0.1) is 10.2 Å². The zero-order valence-corrected chi connectivity index (χ0v) is 18.5. The van der Waals surface area contributed by atoms with Crippen molar-refractivity contribution in [2.45, 2.75) is 17.0 Å². The number of aromatic nitrogens is 3. The van der Waals surface area contributed by atoms with Gasteiger partial charge in [0, 0.05) is 30.2 Å². The van der Waals surface area contributed by atoms with Crippen LogP contribution in [0.4, 0.5) is 17.1 Å². The summed E-state index contributed by atoms with van der Waals surface area (Å²) in [4.78, 5) is 25.1. The molecule has 0 aliphatic rings. The van der Waals surface area contributed by atoms with Crippen LogP contribution >= 0.6 is 11.8 Å². The highest BCUT2D eigenvalue weighted by atomic mass is 32.2. The number of carbonyl (C=O) groups is 2. The average molecular weight is 461 g/mol. The molecular weight excluding hydrogens is 440 g/mol. The van der Waals surface area contributed by atoms with Gasteiger partial charge >= 0.3 is 0 Å². The van der Waals surface area contributed by atoms with Gasteiger partial charge in [0.15, 0.2) is 5.16 Å². The molecule has 0 aliphatic carbocycles. The van der Waals surface area contributed by atoms with Crippen LogP contribution in [0.25, 0.3) is 0 Å². The number of nitrogens with one attached hydrogen (secondary N) is 3. The predicted molar refractivity (Wildman–Crippen MR) is 119 cm³/mol. The molecule has 0 fully saturated rings. The number of aryl methyl sites for hydroxylation is 1. The third-order valence-corrected chi connectivity index (χ3v) is 5.52. The highest BCUT2D eigenvalue weighted by molar-refractivity contribution is 7.99. The molecule has 0 saturated heterocycles. The minimum absolute atomic E-state index is 0.0641. The first-order chi connectivity index (χ1) is 14.6. The molecule has 162 valence electrons. The van der Waals surface area contributed by atoms with Crippen LogP contribution in [0.3, 0.4) is 0 Å². The Labute approximate surface area is 183 Å². The normalized spacial score (nSPS) is 11.1. The molecule has 2 amide bonds. The van der Waals surface area contributed by atoms with E-state index in [1.54, 1.807) is 23.0 Å². The van der Waals surface area contributed by atoms with Gasteiger partial charge < -0.3 is 15.2 Å². The van der Waals surface area contributed by atoms with Gasteiger partial charge in [-0.2, -0.15) is 0 Å². The van der Waals surface area contributed by atoms with Crippen molar-refractivity contribution in [3.63, 3.8) is 0 Å². The summed E-state index contributed by atoms with van der Waals surface area (Å²) in [6.07, 6.45) is 2.60. The number of sulfonamides is 1. The molecule has 12 heteroatoms. The smallest absolute Gasteiger partial charge is 0.257 e. The standard InChI is InChI=1S/C19H20N6O4S2/c1-12(26)21-14-6-9-17(24-31(3,28)29)16(10-14)18(27)22-13-4-7-15(8-5-13)30-19-23-20-11-25(19)2/h4-11,24H,1-3H3,(H,21,26)(H,22,27). The fraction of sp³-hybridized carbons (Fsp3) is 0.158. The quantitative estimate of drug-likeness (QED) is 0.493. The zero-order chi connectivity index (χ0) is 22.6. The molecule has 10 nitrogen and oxygen atoms in total. The Hall–Kier alpha value is -3.38. The van der Waals surface area contributed by atoms with Crippen LogP contribution in [0.5, 0.6) is 0 Å². The Morgan fingerprint density at radius 3 is 2.29 bits per heavy atom. The van der Waals surface area contributed by atoms with Gasteiger partial charge in [0.05, 0.1) is 17.5 Å². The molecule has 3 N–H and O–H groups in total. The minimum Gasteiger partial charge on any atom is -0.326 e. The van der Waals surface area contributed by atoms with E-state index in [9.17, 15) is 18.0 Å². The fourth-order valence-corrected chi connectivity index (χ4v) is 3.92. The molecular formula is C19H20N6O4S2. The molecule has 0 aliphatic heterocycles. The molecule has 1 aromatic heterocycles. The van der Waals surface area contributed by atoms with Crippen molar-refractivity contribution in [2.24, 2.45) is 7.05 Å². The highest BCUT2D eigenvalue weighted by Gasteiger charge is 2.16. The molecule has 0 radical (unpaired) electrons. The van der Waals surface area contributed by atoms with E-state index in [2.05, 4.69) is 25.6 Å². The summed E-state index contributed by atoms with van der Waals surface area (Å²) < 4.78 is 27.4. The van der Waals surface area contributed by atoms with Crippen LogP contribution in [0, 0.1) is 0 Å². The summed E-state index contributed by atoms with van der Waals surface area (Å²) in [6, 6.07) is 11.4. The minimum atomic E-state index is -3.61. The summed E-state index contributed by atoms with van der Waals surface area (Å²) >= 11 is 1.42. The molecule has 1 heterocycles. The predicted octanol–water partition coefficient (Wildman–Crippen LogP) is 2.55. The zero-order valence-electron chi connectivity index (χ0n) is 16.9. The number of rotatable bonds is 7. The lowest BCUT2D eigenvalue weighted by Crippen LogP contribution is -2.18. The maximum absolute atomic E-state index is 12.9. The number of nitrogens with zero attached hydrogens (tertiary/aromatic N) is 3. The van der Waals surface area contributed by atoms with E-state index in [0.717, 1.165) is 16.3 Å². The third kappa shape index (κ3) is 6.30. The summed E-state index contributed by atoms with van der Waals surface area (Å²) in [5.41, 5.74) is 1.05. The van der Waals surface area contributed by atoms with Crippen molar-refractivity contribution in [1.82, 2.24) is 14.8 Å². The van der Waals surface area contributed by atoms with Crippen molar-refractivity contribution in [2.75, 3.05) is 21.6 Å². The largest absolute Gasteiger partial charge is 0.326 e. The monoisotopic (exact) mass is 460 g/mol. The maximum Gasteiger partial charge on any atom is 0.257 e. The van der Waals surface area contributed by atoms with Gasteiger partial charge in [-0.1, -0.05) is 0 Å². The summed E-state index contributed by atoms with van der Waals surface area (Å²) in [5, 5.41) is 13.9. The van der Waals surface area contributed by atoms with Gasteiger partial charge in [0.2, 0.25) is 15.9 Å². The van der Waals surface area contributed by atoms with E-state index in [-0.39, 0.29) is 17.2 Å². The number of carbonyl (C=O) groups excluding carboxylic acids is 2. The Morgan fingerprint density at radius 2 is 1.71 bits per heavy atom. The molecule has 0 saturated carbocycles. The summed E-state index contributed by atoms with van der Waals surface area (Å²) in [5.74, 6) is -0.849. The van der Waals surface area contributed by atoms with E-state index in [4.69, 9.17) is 0 Å². The van der Waals surface area contributed by atoms with Crippen molar-refractivity contribution in [1.29, 1.82) is 0 Å². The molecule has 0 unspecified atom stereocenters. The lowest BCUT2D eigenvalue weighted by Gasteiger charge is -2.13. The van der Waals surface area contributed by atoms with E-state index in [0.29, 0.717) is 11.4 Å². The van der Waals surface area contributed by atoms with Crippen molar-refractivity contribution >= 4 is 50.7 Å². The van der Waals surface area contributed by atoms with Crippen molar-refractivity contribution in [3.05, 3.63) is 54.4 Å². The lowest BCUT2D eigenvalue weighted by molar-refractivity contribution is -0.114. The second-order valence-electron chi connectivity index (χ2n) is 6.62. The summed E-state index contributed by atoms with van der Waals surface area (Å²) in [7, 11) is -1.77. The number of hydrogen-bond donors (Lipinski definition) is 3. The fourth-order valence-electron chi connectivity index (χ4n) is 2.58. The first-order valence-electron chi connectivity index (χ1n) is 8.93. The Morgan fingerprint density at radius 1 is 1.03 bits per heavy atom. The Kier molecular flexibility index (Phi) is 6.61. The molecule has 2 aromatic carbocycles. The molecule has 0 spiro atoms. The van der Waals surface area contributed by atoms with Gasteiger partial charge in [-0.3, -0.25) is 14.3 Å². The topological polar surface area (TPSA) is 135 Å². The van der Waals surface area contributed by atoms with Gasteiger partial charge in [-0.05, 0) is 54.2 Å². The summed E-state index contributed by atoms with van der Waals surface area (Å²) in [6.45, 7) is 1.34. The van der Waals surface area contributed by atoms with E-state index in [1.165, 1.54) is 36.9 Å². The molecule has 3 aromatic rings. The van der Waals surface area contributed by atoms with Crippen LogP contribution in [-0.2, 0) is 21.9 Å². The van der Waals surface area contributed by atoms with E-state index < -0.39 is 15.9 Å². The first-order valence-corrected chi connectivity index (χ1v) is 11.6. The van der Waals surface area contributed by atoms with Crippen LogP contribution in [-0.4, -0.2) is 41.3 Å². The highest BCUT2D eigenvalue weighted by Crippen LogP contribution is 2.27. The SMILES string of the molecule is CC(=O)Nc1ccc(NS(C)(=O)=O)c(C(=O)Nc2ccc(Sc3nncn3C)cc2)c1. The third-order valence-electron chi connectivity index (χ3n) is 3.87. The molecule has 0 bridgehead atoms. The number of benzene rings is 2.